The number of carbonyl (C=O) groups is 2. The molecule has 0 aliphatic rings. The number of aliphatic hydroxyl groups excluding tert-OH is 1. The van der Waals surface area contributed by atoms with Gasteiger partial charge in [0.15, 0.2) is 0 Å². The van der Waals surface area contributed by atoms with Crippen molar-refractivity contribution < 1.29 is 19.8 Å². The molecule has 0 aliphatic carbocycles. The largest absolute Gasteiger partial charge is 0.481 e. The first-order valence-corrected chi connectivity index (χ1v) is 5.16. The van der Waals surface area contributed by atoms with E-state index in [1.165, 1.54) is 0 Å². The number of hydrogen-bond acceptors (Lipinski definition) is 3. The van der Waals surface area contributed by atoms with Gasteiger partial charge < -0.3 is 20.8 Å². The van der Waals surface area contributed by atoms with Crippen molar-refractivity contribution in [2.45, 2.75) is 33.2 Å². The van der Waals surface area contributed by atoms with Gasteiger partial charge >= 0.3 is 12.0 Å². The third-order valence-corrected chi connectivity index (χ3v) is 2.06. The summed E-state index contributed by atoms with van der Waals surface area (Å²) < 4.78 is 0. The lowest BCUT2D eigenvalue weighted by atomic mass is 9.88. The maximum Gasteiger partial charge on any atom is 0.315 e. The van der Waals surface area contributed by atoms with Gasteiger partial charge in [-0.3, -0.25) is 4.79 Å². The van der Waals surface area contributed by atoms with Gasteiger partial charge in [-0.2, -0.15) is 0 Å². The fourth-order valence-corrected chi connectivity index (χ4v) is 1.15. The molecular formula is C10H20N2O4. The highest BCUT2D eigenvalue weighted by Crippen LogP contribution is 2.19. The van der Waals surface area contributed by atoms with E-state index in [1.807, 2.05) is 13.8 Å². The summed E-state index contributed by atoms with van der Waals surface area (Å²) in [4.78, 5) is 21.8. The molecule has 1 atom stereocenters. The van der Waals surface area contributed by atoms with Crippen molar-refractivity contribution in [2.24, 2.45) is 5.41 Å². The van der Waals surface area contributed by atoms with Gasteiger partial charge in [0.25, 0.3) is 0 Å². The lowest BCUT2D eigenvalue weighted by Gasteiger charge is -2.25. The summed E-state index contributed by atoms with van der Waals surface area (Å²) in [5.41, 5.74) is -0.833. The van der Waals surface area contributed by atoms with Gasteiger partial charge in [-0.15, -0.1) is 0 Å². The highest BCUT2D eigenvalue weighted by Gasteiger charge is 2.27. The fraction of sp³-hybridized carbons (Fsp3) is 0.800. The van der Waals surface area contributed by atoms with E-state index < -0.39 is 11.4 Å². The molecule has 6 heteroatoms. The number of hydrogen-bond donors (Lipinski definition) is 4. The van der Waals surface area contributed by atoms with Gasteiger partial charge in [-0.1, -0.05) is 6.92 Å². The maximum atomic E-state index is 11.3. The van der Waals surface area contributed by atoms with Gasteiger partial charge in [-0.05, 0) is 13.8 Å². The Balaban J connectivity index is 4.13. The minimum Gasteiger partial charge on any atom is -0.481 e. The molecule has 0 saturated carbocycles. The van der Waals surface area contributed by atoms with E-state index in [9.17, 15) is 9.59 Å². The number of rotatable bonds is 6. The average molecular weight is 232 g/mol. The third-order valence-electron chi connectivity index (χ3n) is 2.06. The van der Waals surface area contributed by atoms with E-state index in [4.69, 9.17) is 10.2 Å². The summed E-state index contributed by atoms with van der Waals surface area (Å²) in [5, 5.41) is 22.9. The average Bonchev–Trinajstić information content (AvgIpc) is 2.13. The molecule has 0 aliphatic heterocycles. The van der Waals surface area contributed by atoms with Gasteiger partial charge in [0, 0.05) is 18.0 Å². The minimum atomic E-state index is -0.998. The van der Waals surface area contributed by atoms with Crippen molar-refractivity contribution in [1.82, 2.24) is 10.6 Å². The number of carboxylic acids is 1. The summed E-state index contributed by atoms with van der Waals surface area (Å²) in [6.07, 6.45) is -0.189. The topological polar surface area (TPSA) is 98.7 Å². The van der Waals surface area contributed by atoms with Crippen molar-refractivity contribution in [1.29, 1.82) is 0 Å². The van der Waals surface area contributed by atoms with Crippen LogP contribution < -0.4 is 10.6 Å². The zero-order chi connectivity index (χ0) is 12.8. The molecule has 0 bridgehead atoms. The van der Waals surface area contributed by atoms with Gasteiger partial charge in [0.05, 0.1) is 13.0 Å². The van der Waals surface area contributed by atoms with Crippen LogP contribution in [0.1, 0.15) is 27.2 Å². The van der Waals surface area contributed by atoms with Gasteiger partial charge in [0.2, 0.25) is 0 Å². The number of carbonyl (C=O) groups excluding carboxylic acids is 1. The summed E-state index contributed by atoms with van der Waals surface area (Å²) in [5.74, 6) is -0.998. The smallest absolute Gasteiger partial charge is 0.315 e. The Kier molecular flexibility index (Phi) is 5.81. The van der Waals surface area contributed by atoms with Crippen LogP contribution in [0.4, 0.5) is 4.79 Å². The molecule has 0 aromatic carbocycles. The zero-order valence-corrected chi connectivity index (χ0v) is 9.91. The van der Waals surface area contributed by atoms with Crippen LogP contribution >= 0.6 is 0 Å². The minimum absolute atomic E-state index is 0.0138. The summed E-state index contributed by atoms with van der Waals surface area (Å²) in [7, 11) is 0. The summed E-state index contributed by atoms with van der Waals surface area (Å²) in [6.45, 7) is 5.08. The molecule has 0 spiro atoms. The Bertz CT molecular complexity index is 255. The molecule has 1 unspecified atom stereocenters. The van der Waals surface area contributed by atoms with E-state index in [-0.39, 0.29) is 31.6 Å². The van der Waals surface area contributed by atoms with E-state index >= 15 is 0 Å². The van der Waals surface area contributed by atoms with E-state index in [1.54, 1.807) is 6.92 Å². The molecule has 0 saturated heterocycles. The second kappa shape index (κ2) is 6.32. The third kappa shape index (κ3) is 6.23. The van der Waals surface area contributed by atoms with Crippen LogP contribution in [0.3, 0.4) is 0 Å². The number of aliphatic carboxylic acids is 1. The summed E-state index contributed by atoms with van der Waals surface area (Å²) >= 11 is 0. The lowest BCUT2D eigenvalue weighted by Crippen LogP contribution is -2.45. The molecule has 6 nitrogen and oxygen atoms in total. The van der Waals surface area contributed by atoms with Crippen molar-refractivity contribution in [3.8, 4) is 0 Å². The molecule has 0 rings (SSSR count). The number of urea groups is 1. The van der Waals surface area contributed by atoms with Crippen molar-refractivity contribution in [3.63, 3.8) is 0 Å². The Morgan fingerprint density at radius 1 is 1.38 bits per heavy atom. The molecule has 0 heterocycles. The first-order valence-electron chi connectivity index (χ1n) is 5.16. The quantitative estimate of drug-likeness (QED) is 0.524. The van der Waals surface area contributed by atoms with Crippen molar-refractivity contribution >= 4 is 12.0 Å². The zero-order valence-electron chi connectivity index (χ0n) is 9.91. The Labute approximate surface area is 95.0 Å². The normalized spacial score (nSPS) is 14.3. The highest BCUT2D eigenvalue weighted by atomic mass is 16.4. The van der Waals surface area contributed by atoms with Crippen LogP contribution in [0, 0.1) is 5.41 Å². The number of amides is 2. The fourth-order valence-electron chi connectivity index (χ4n) is 1.15. The molecule has 16 heavy (non-hydrogen) atoms. The van der Waals surface area contributed by atoms with Crippen LogP contribution in [0.25, 0.3) is 0 Å². The Morgan fingerprint density at radius 3 is 2.31 bits per heavy atom. The molecule has 0 radical (unpaired) electrons. The molecule has 94 valence electrons. The van der Waals surface area contributed by atoms with Gasteiger partial charge in [-0.25, -0.2) is 4.79 Å². The van der Waals surface area contributed by atoms with E-state index in [0.717, 1.165) is 0 Å². The molecule has 0 aromatic heterocycles. The number of nitrogens with one attached hydrogen (secondary N) is 2. The predicted octanol–water partition coefficient (Wildman–Crippen LogP) is 0.167. The number of aliphatic hydroxyl groups is 1. The molecule has 0 aromatic rings. The molecule has 0 fully saturated rings. The standard InChI is InChI=1S/C10H20N2O4/c1-7(2)12-9(16)11-5-10(3,6-13)4-8(14)15/h7,13H,4-6H2,1-3H3,(H,14,15)(H2,11,12,16). The van der Waals surface area contributed by atoms with Gasteiger partial charge in [0.1, 0.15) is 0 Å². The highest BCUT2D eigenvalue weighted by molar-refractivity contribution is 5.74. The van der Waals surface area contributed by atoms with Crippen molar-refractivity contribution in [2.75, 3.05) is 13.2 Å². The van der Waals surface area contributed by atoms with Crippen LogP contribution in [0.15, 0.2) is 0 Å². The van der Waals surface area contributed by atoms with Crippen LogP contribution in [-0.4, -0.2) is 41.4 Å². The number of carboxylic acid groups (broad SMARTS) is 1. The van der Waals surface area contributed by atoms with Crippen molar-refractivity contribution in [3.05, 3.63) is 0 Å². The molecule has 2 amide bonds. The Hall–Kier alpha value is -1.30. The maximum absolute atomic E-state index is 11.3. The molecule has 4 N–H and O–H groups in total. The SMILES string of the molecule is CC(C)NC(=O)NCC(C)(CO)CC(=O)O. The van der Waals surface area contributed by atoms with Crippen LogP contribution in [0.2, 0.25) is 0 Å². The second-order valence-electron chi connectivity index (χ2n) is 4.52. The van der Waals surface area contributed by atoms with E-state index in [0.29, 0.717) is 0 Å². The summed E-state index contributed by atoms with van der Waals surface area (Å²) in [6, 6.07) is -0.347. The van der Waals surface area contributed by atoms with Crippen LogP contribution in [0.5, 0.6) is 0 Å². The first kappa shape index (κ1) is 14.7. The monoisotopic (exact) mass is 232 g/mol. The second-order valence-corrected chi connectivity index (χ2v) is 4.52. The first-order chi connectivity index (χ1) is 7.29. The predicted molar refractivity (Wildman–Crippen MR) is 59.1 cm³/mol. The Morgan fingerprint density at radius 2 is 1.94 bits per heavy atom. The van der Waals surface area contributed by atoms with E-state index in [2.05, 4.69) is 10.6 Å². The molecular weight excluding hydrogens is 212 g/mol. The van der Waals surface area contributed by atoms with Crippen LogP contribution in [-0.2, 0) is 4.79 Å². The lowest BCUT2D eigenvalue weighted by molar-refractivity contribution is -0.140.